The van der Waals surface area contributed by atoms with E-state index in [0.29, 0.717) is 37.8 Å². The van der Waals surface area contributed by atoms with Crippen molar-refractivity contribution in [2.24, 2.45) is 0 Å². The number of hydrogen-bond donors (Lipinski definition) is 2. The number of phenols is 2. The van der Waals surface area contributed by atoms with Gasteiger partial charge in [-0.05, 0) is 50.2 Å². The summed E-state index contributed by atoms with van der Waals surface area (Å²) in [6.45, 7) is 10.2. The van der Waals surface area contributed by atoms with Crippen LogP contribution in [-0.4, -0.2) is 59.4 Å². The molecule has 0 amide bonds. The molecule has 0 radical (unpaired) electrons. The van der Waals surface area contributed by atoms with Crippen molar-refractivity contribution in [1.29, 1.82) is 0 Å². The molecule has 1 heterocycles. The predicted octanol–water partition coefficient (Wildman–Crippen LogP) is 3.21. The van der Waals surface area contributed by atoms with Crippen LogP contribution in [-0.2, 0) is 13.1 Å². The highest BCUT2D eigenvalue weighted by Crippen LogP contribution is 2.27. The molecule has 3 rings (SSSR count). The van der Waals surface area contributed by atoms with Crippen molar-refractivity contribution in [3.05, 3.63) is 47.5 Å². The van der Waals surface area contributed by atoms with E-state index < -0.39 is 0 Å². The van der Waals surface area contributed by atoms with E-state index in [9.17, 15) is 10.2 Å². The van der Waals surface area contributed by atoms with Gasteiger partial charge in [-0.25, -0.2) is 0 Å². The van der Waals surface area contributed by atoms with Crippen molar-refractivity contribution in [3.8, 4) is 23.0 Å². The molecule has 6 heteroatoms. The molecule has 6 nitrogen and oxygen atoms in total. The molecule has 0 spiro atoms. The lowest BCUT2D eigenvalue weighted by Crippen LogP contribution is -2.45. The van der Waals surface area contributed by atoms with E-state index in [1.807, 2.05) is 26.0 Å². The normalized spacial score (nSPS) is 15.5. The summed E-state index contributed by atoms with van der Waals surface area (Å²) in [6.07, 6.45) is 0. The van der Waals surface area contributed by atoms with Crippen LogP contribution in [0.15, 0.2) is 36.4 Å². The molecule has 2 aromatic rings. The van der Waals surface area contributed by atoms with Crippen molar-refractivity contribution in [2.75, 3.05) is 39.4 Å². The molecule has 0 aliphatic carbocycles. The molecular weight excluding hydrogens is 356 g/mol. The predicted molar refractivity (Wildman–Crippen MR) is 109 cm³/mol. The van der Waals surface area contributed by atoms with Gasteiger partial charge in [0.25, 0.3) is 0 Å². The van der Waals surface area contributed by atoms with Crippen molar-refractivity contribution < 1.29 is 19.7 Å². The standard InChI is InChI=1S/C22H30N2O4/c1-3-27-19-5-7-21(25)17(13-19)15-23-9-11-24(12-10-23)16-18-14-20(28-4-2)6-8-22(18)26/h5-8,13-14,25-26H,3-4,9-12,15-16H2,1-2H3. The molecule has 1 fully saturated rings. The summed E-state index contributed by atoms with van der Waals surface area (Å²) in [5.41, 5.74) is 1.78. The Labute approximate surface area is 166 Å². The van der Waals surface area contributed by atoms with E-state index >= 15 is 0 Å². The number of aromatic hydroxyl groups is 2. The molecule has 1 saturated heterocycles. The van der Waals surface area contributed by atoms with E-state index in [0.717, 1.165) is 48.8 Å². The van der Waals surface area contributed by atoms with Gasteiger partial charge in [0, 0.05) is 50.4 Å². The Bertz CT molecular complexity index is 708. The Morgan fingerprint density at radius 1 is 0.714 bits per heavy atom. The minimum Gasteiger partial charge on any atom is -0.508 e. The summed E-state index contributed by atoms with van der Waals surface area (Å²) >= 11 is 0. The zero-order valence-corrected chi connectivity index (χ0v) is 16.7. The van der Waals surface area contributed by atoms with E-state index in [1.54, 1.807) is 24.3 Å². The number of phenolic OH excluding ortho intramolecular Hbond substituents is 2. The Balaban J connectivity index is 1.55. The molecule has 0 atom stereocenters. The van der Waals surface area contributed by atoms with Gasteiger partial charge in [-0.15, -0.1) is 0 Å². The summed E-state index contributed by atoms with van der Waals surface area (Å²) < 4.78 is 11.1. The third-order valence-electron chi connectivity index (χ3n) is 4.98. The minimum atomic E-state index is 0.309. The molecule has 0 aromatic heterocycles. The summed E-state index contributed by atoms with van der Waals surface area (Å²) in [6, 6.07) is 10.8. The largest absolute Gasteiger partial charge is 0.508 e. The van der Waals surface area contributed by atoms with Crippen LogP contribution in [0.3, 0.4) is 0 Å². The Morgan fingerprint density at radius 2 is 1.11 bits per heavy atom. The van der Waals surface area contributed by atoms with E-state index in [4.69, 9.17) is 9.47 Å². The van der Waals surface area contributed by atoms with E-state index in [1.165, 1.54) is 0 Å². The van der Waals surface area contributed by atoms with Crippen LogP contribution < -0.4 is 9.47 Å². The maximum absolute atomic E-state index is 10.1. The van der Waals surface area contributed by atoms with Crippen LogP contribution in [0.2, 0.25) is 0 Å². The van der Waals surface area contributed by atoms with Gasteiger partial charge in [-0.1, -0.05) is 0 Å². The summed E-state index contributed by atoms with van der Waals surface area (Å²) in [5, 5.41) is 20.3. The van der Waals surface area contributed by atoms with Crippen LogP contribution in [0.4, 0.5) is 0 Å². The Morgan fingerprint density at radius 3 is 1.46 bits per heavy atom. The molecule has 2 N–H and O–H groups in total. The fourth-order valence-electron chi connectivity index (χ4n) is 3.48. The van der Waals surface area contributed by atoms with Crippen LogP contribution >= 0.6 is 0 Å². The van der Waals surface area contributed by atoms with Crippen molar-refractivity contribution in [2.45, 2.75) is 26.9 Å². The Hall–Kier alpha value is -2.44. The van der Waals surface area contributed by atoms with Crippen LogP contribution in [0.1, 0.15) is 25.0 Å². The molecule has 28 heavy (non-hydrogen) atoms. The molecule has 0 saturated carbocycles. The lowest BCUT2D eigenvalue weighted by Gasteiger charge is -2.35. The van der Waals surface area contributed by atoms with E-state index in [-0.39, 0.29) is 0 Å². The van der Waals surface area contributed by atoms with Crippen molar-refractivity contribution in [3.63, 3.8) is 0 Å². The van der Waals surface area contributed by atoms with Gasteiger partial charge >= 0.3 is 0 Å². The van der Waals surface area contributed by atoms with Gasteiger partial charge in [0.2, 0.25) is 0 Å². The second-order valence-electron chi connectivity index (χ2n) is 7.00. The molecule has 0 bridgehead atoms. The first-order valence-electron chi connectivity index (χ1n) is 9.93. The summed E-state index contributed by atoms with van der Waals surface area (Å²) in [7, 11) is 0. The second-order valence-corrected chi connectivity index (χ2v) is 7.00. The summed E-state index contributed by atoms with van der Waals surface area (Å²) in [4.78, 5) is 4.66. The molecule has 1 aliphatic rings. The number of ether oxygens (including phenoxy) is 2. The fraction of sp³-hybridized carbons (Fsp3) is 0.455. The number of hydrogen-bond acceptors (Lipinski definition) is 6. The lowest BCUT2D eigenvalue weighted by atomic mass is 10.1. The van der Waals surface area contributed by atoms with Crippen LogP contribution in [0, 0.1) is 0 Å². The zero-order chi connectivity index (χ0) is 19.9. The molecule has 152 valence electrons. The quantitative estimate of drug-likeness (QED) is 0.726. The van der Waals surface area contributed by atoms with Crippen molar-refractivity contribution >= 4 is 0 Å². The van der Waals surface area contributed by atoms with Gasteiger partial charge in [0.05, 0.1) is 13.2 Å². The monoisotopic (exact) mass is 386 g/mol. The second kappa shape index (κ2) is 9.66. The SMILES string of the molecule is CCOc1ccc(O)c(CN2CCN(Cc3cc(OCC)ccc3O)CC2)c1. The minimum absolute atomic E-state index is 0.309. The molecule has 2 aromatic carbocycles. The smallest absolute Gasteiger partial charge is 0.120 e. The summed E-state index contributed by atoms with van der Waals surface area (Å²) in [5.74, 6) is 2.20. The van der Waals surface area contributed by atoms with Gasteiger partial charge in [-0.3, -0.25) is 9.80 Å². The zero-order valence-electron chi connectivity index (χ0n) is 16.7. The Kier molecular flexibility index (Phi) is 7.01. The molecule has 0 unspecified atom stereocenters. The van der Waals surface area contributed by atoms with Gasteiger partial charge < -0.3 is 19.7 Å². The topological polar surface area (TPSA) is 65.4 Å². The average molecular weight is 386 g/mol. The first-order chi connectivity index (χ1) is 13.6. The third kappa shape index (κ3) is 5.30. The number of benzene rings is 2. The first kappa shape index (κ1) is 20.3. The maximum Gasteiger partial charge on any atom is 0.120 e. The van der Waals surface area contributed by atoms with Crippen LogP contribution in [0.5, 0.6) is 23.0 Å². The number of nitrogens with zero attached hydrogens (tertiary/aromatic N) is 2. The maximum atomic E-state index is 10.1. The van der Waals surface area contributed by atoms with E-state index in [2.05, 4.69) is 9.80 Å². The number of rotatable bonds is 8. The number of piperazine rings is 1. The highest BCUT2D eigenvalue weighted by Gasteiger charge is 2.19. The molecular formula is C22H30N2O4. The highest BCUT2D eigenvalue weighted by molar-refractivity contribution is 5.40. The van der Waals surface area contributed by atoms with Crippen molar-refractivity contribution in [1.82, 2.24) is 9.80 Å². The van der Waals surface area contributed by atoms with Gasteiger partial charge in [-0.2, -0.15) is 0 Å². The molecule has 1 aliphatic heterocycles. The van der Waals surface area contributed by atoms with Gasteiger partial charge in [0.15, 0.2) is 0 Å². The fourth-order valence-corrected chi connectivity index (χ4v) is 3.48. The van der Waals surface area contributed by atoms with Crippen LogP contribution in [0.25, 0.3) is 0 Å². The lowest BCUT2D eigenvalue weighted by molar-refractivity contribution is 0.120. The third-order valence-corrected chi connectivity index (χ3v) is 4.98. The first-order valence-corrected chi connectivity index (χ1v) is 9.93. The average Bonchev–Trinajstić information content (AvgIpc) is 2.69. The van der Waals surface area contributed by atoms with Gasteiger partial charge in [0.1, 0.15) is 23.0 Å². The highest BCUT2D eigenvalue weighted by atomic mass is 16.5.